The SMILES string of the molecule is CS(=O)(=O)c1ccccc1-c1nc2cc(F)cnc2cc1C=O. The van der Waals surface area contributed by atoms with Crippen LogP contribution in [-0.4, -0.2) is 30.9 Å². The molecule has 0 N–H and O–H groups in total. The van der Waals surface area contributed by atoms with E-state index in [0.717, 1.165) is 12.5 Å². The zero-order valence-corrected chi connectivity index (χ0v) is 12.8. The Morgan fingerprint density at radius 1 is 1.13 bits per heavy atom. The van der Waals surface area contributed by atoms with Gasteiger partial charge in [-0.05, 0) is 12.1 Å². The lowest BCUT2D eigenvalue weighted by atomic mass is 10.1. The second-order valence-corrected chi connectivity index (χ2v) is 6.99. The quantitative estimate of drug-likeness (QED) is 0.690. The van der Waals surface area contributed by atoms with Gasteiger partial charge in [0.05, 0.1) is 27.8 Å². The van der Waals surface area contributed by atoms with Gasteiger partial charge in [-0.25, -0.2) is 17.8 Å². The molecule has 0 amide bonds. The molecule has 3 aromatic rings. The van der Waals surface area contributed by atoms with Gasteiger partial charge in [0.1, 0.15) is 5.82 Å². The van der Waals surface area contributed by atoms with Crippen LogP contribution < -0.4 is 0 Å². The zero-order valence-electron chi connectivity index (χ0n) is 12.0. The van der Waals surface area contributed by atoms with E-state index < -0.39 is 15.7 Å². The molecule has 2 heterocycles. The van der Waals surface area contributed by atoms with Crippen LogP contribution in [-0.2, 0) is 9.84 Å². The molecule has 7 heteroatoms. The standard InChI is InChI=1S/C16H11FN2O3S/c1-23(21,22)15-5-3-2-4-12(15)16-10(9-20)6-13-14(19-16)7-11(17)8-18-13/h2-9H,1H3. The van der Waals surface area contributed by atoms with E-state index in [1.54, 1.807) is 18.2 Å². The second kappa shape index (κ2) is 5.51. The molecule has 0 aliphatic heterocycles. The number of benzene rings is 1. The number of hydrogen-bond acceptors (Lipinski definition) is 5. The minimum atomic E-state index is -3.51. The number of pyridine rings is 2. The van der Waals surface area contributed by atoms with Gasteiger partial charge in [0, 0.05) is 23.4 Å². The fraction of sp³-hybridized carbons (Fsp3) is 0.0625. The van der Waals surface area contributed by atoms with Crippen molar-refractivity contribution in [3.8, 4) is 11.3 Å². The fourth-order valence-electron chi connectivity index (χ4n) is 2.33. The van der Waals surface area contributed by atoms with Gasteiger partial charge in [0.15, 0.2) is 16.1 Å². The Kier molecular flexibility index (Phi) is 3.65. The van der Waals surface area contributed by atoms with Crippen molar-refractivity contribution < 1.29 is 17.6 Å². The summed E-state index contributed by atoms with van der Waals surface area (Å²) in [7, 11) is -3.51. The third-order valence-electron chi connectivity index (χ3n) is 3.33. The van der Waals surface area contributed by atoms with Gasteiger partial charge >= 0.3 is 0 Å². The number of aromatic nitrogens is 2. The Hall–Kier alpha value is -2.67. The molecule has 23 heavy (non-hydrogen) atoms. The Morgan fingerprint density at radius 2 is 1.87 bits per heavy atom. The Bertz CT molecular complexity index is 1030. The van der Waals surface area contributed by atoms with Crippen LogP contribution in [0.25, 0.3) is 22.3 Å². The topological polar surface area (TPSA) is 77.0 Å². The highest BCUT2D eigenvalue weighted by Gasteiger charge is 2.18. The zero-order chi connectivity index (χ0) is 16.6. The summed E-state index contributed by atoms with van der Waals surface area (Å²) in [6.07, 6.45) is 2.68. The molecule has 3 rings (SSSR count). The van der Waals surface area contributed by atoms with Crippen molar-refractivity contribution in [2.75, 3.05) is 6.26 Å². The highest BCUT2D eigenvalue weighted by molar-refractivity contribution is 7.90. The van der Waals surface area contributed by atoms with E-state index in [4.69, 9.17) is 0 Å². The smallest absolute Gasteiger partial charge is 0.176 e. The van der Waals surface area contributed by atoms with Crippen molar-refractivity contribution in [2.24, 2.45) is 0 Å². The number of aldehydes is 1. The molecule has 0 spiro atoms. The molecule has 0 saturated heterocycles. The first-order valence-corrected chi connectivity index (χ1v) is 8.50. The van der Waals surface area contributed by atoms with E-state index in [1.807, 2.05) is 0 Å². The first kappa shape index (κ1) is 15.2. The molecule has 2 aromatic heterocycles. The molecule has 0 saturated carbocycles. The van der Waals surface area contributed by atoms with Gasteiger partial charge in [0.2, 0.25) is 0 Å². The lowest BCUT2D eigenvalue weighted by molar-refractivity contribution is 0.112. The van der Waals surface area contributed by atoms with Crippen molar-refractivity contribution in [3.05, 3.63) is 54.0 Å². The first-order valence-electron chi connectivity index (χ1n) is 6.61. The monoisotopic (exact) mass is 330 g/mol. The summed E-state index contributed by atoms with van der Waals surface area (Å²) in [4.78, 5) is 19.6. The van der Waals surface area contributed by atoms with Crippen LogP contribution in [0.5, 0.6) is 0 Å². The van der Waals surface area contributed by atoms with Crippen LogP contribution in [0.3, 0.4) is 0 Å². The van der Waals surface area contributed by atoms with Crippen molar-refractivity contribution in [2.45, 2.75) is 4.90 Å². The fourth-order valence-corrected chi connectivity index (χ4v) is 3.22. The maximum atomic E-state index is 13.4. The van der Waals surface area contributed by atoms with E-state index >= 15 is 0 Å². The van der Waals surface area contributed by atoms with Gasteiger partial charge in [-0.2, -0.15) is 0 Å². The summed E-state index contributed by atoms with van der Waals surface area (Å²) in [6.45, 7) is 0. The van der Waals surface area contributed by atoms with E-state index in [0.29, 0.717) is 17.4 Å². The third-order valence-corrected chi connectivity index (χ3v) is 4.49. The van der Waals surface area contributed by atoms with Crippen LogP contribution >= 0.6 is 0 Å². The molecular weight excluding hydrogens is 319 g/mol. The molecule has 0 unspecified atom stereocenters. The average Bonchev–Trinajstić information content (AvgIpc) is 2.52. The number of rotatable bonds is 3. The summed E-state index contributed by atoms with van der Waals surface area (Å²) >= 11 is 0. The molecule has 0 aliphatic rings. The molecule has 0 atom stereocenters. The minimum Gasteiger partial charge on any atom is -0.298 e. The van der Waals surface area contributed by atoms with Gasteiger partial charge in [-0.1, -0.05) is 18.2 Å². The molecule has 0 aliphatic carbocycles. The minimum absolute atomic E-state index is 0.0549. The first-order chi connectivity index (χ1) is 10.9. The van der Waals surface area contributed by atoms with Crippen molar-refractivity contribution in [1.82, 2.24) is 9.97 Å². The highest BCUT2D eigenvalue weighted by atomic mass is 32.2. The molecule has 1 aromatic carbocycles. The number of sulfone groups is 1. The predicted molar refractivity (Wildman–Crippen MR) is 83.4 cm³/mol. The highest BCUT2D eigenvalue weighted by Crippen LogP contribution is 2.29. The summed E-state index contributed by atoms with van der Waals surface area (Å²) in [5.41, 5.74) is 1.26. The maximum absolute atomic E-state index is 13.4. The van der Waals surface area contributed by atoms with Gasteiger partial charge in [0.25, 0.3) is 0 Å². The lowest BCUT2D eigenvalue weighted by Crippen LogP contribution is -2.03. The second-order valence-electron chi connectivity index (χ2n) is 5.00. The number of fused-ring (bicyclic) bond motifs is 1. The number of hydrogen-bond donors (Lipinski definition) is 0. The molecule has 0 bridgehead atoms. The van der Waals surface area contributed by atoms with Crippen LogP contribution in [0.4, 0.5) is 4.39 Å². The van der Waals surface area contributed by atoms with E-state index in [1.165, 1.54) is 18.2 Å². The van der Waals surface area contributed by atoms with Crippen molar-refractivity contribution in [1.29, 1.82) is 0 Å². The molecule has 116 valence electrons. The van der Waals surface area contributed by atoms with E-state index in [9.17, 15) is 17.6 Å². The lowest BCUT2D eigenvalue weighted by Gasteiger charge is -2.10. The Labute approximate surface area is 131 Å². The van der Waals surface area contributed by atoms with Gasteiger partial charge in [-0.3, -0.25) is 9.78 Å². The Morgan fingerprint density at radius 3 is 2.57 bits per heavy atom. The van der Waals surface area contributed by atoms with Crippen LogP contribution in [0.2, 0.25) is 0 Å². The molecule has 0 radical (unpaired) electrons. The van der Waals surface area contributed by atoms with Crippen molar-refractivity contribution in [3.63, 3.8) is 0 Å². The van der Waals surface area contributed by atoms with Gasteiger partial charge in [-0.15, -0.1) is 0 Å². The largest absolute Gasteiger partial charge is 0.298 e. The summed E-state index contributed by atoms with van der Waals surface area (Å²) in [5, 5.41) is 0. The summed E-state index contributed by atoms with van der Waals surface area (Å²) < 4.78 is 37.3. The average molecular weight is 330 g/mol. The number of carbonyl (C=O) groups excluding carboxylic acids is 1. The van der Waals surface area contributed by atoms with E-state index in [2.05, 4.69) is 9.97 Å². The van der Waals surface area contributed by atoms with Crippen LogP contribution in [0, 0.1) is 5.82 Å². The maximum Gasteiger partial charge on any atom is 0.176 e. The molecule has 0 fully saturated rings. The Balaban J connectivity index is 2.38. The normalized spacial score (nSPS) is 11.6. The number of halogens is 1. The van der Waals surface area contributed by atoms with Crippen LogP contribution in [0.1, 0.15) is 10.4 Å². The van der Waals surface area contributed by atoms with Gasteiger partial charge < -0.3 is 0 Å². The summed E-state index contributed by atoms with van der Waals surface area (Å²) in [6, 6.07) is 8.88. The predicted octanol–water partition coefficient (Wildman–Crippen LogP) is 2.65. The van der Waals surface area contributed by atoms with Crippen LogP contribution in [0.15, 0.2) is 47.5 Å². The van der Waals surface area contributed by atoms with E-state index in [-0.39, 0.29) is 21.7 Å². The number of carbonyl (C=O) groups is 1. The summed E-state index contributed by atoms with van der Waals surface area (Å²) in [5.74, 6) is -0.564. The number of nitrogens with zero attached hydrogens (tertiary/aromatic N) is 2. The third kappa shape index (κ3) is 2.83. The molecule has 5 nitrogen and oxygen atoms in total. The molecular formula is C16H11FN2O3S. The van der Waals surface area contributed by atoms with Crippen molar-refractivity contribution >= 4 is 27.2 Å².